The normalized spacial score (nSPS) is 19.9. The van der Waals surface area contributed by atoms with Crippen LogP contribution in [-0.4, -0.2) is 12.6 Å². The van der Waals surface area contributed by atoms with E-state index in [0.717, 1.165) is 18.4 Å². The van der Waals surface area contributed by atoms with E-state index in [0.29, 0.717) is 6.04 Å². The van der Waals surface area contributed by atoms with Gasteiger partial charge in [0, 0.05) is 6.04 Å². The van der Waals surface area contributed by atoms with Gasteiger partial charge < -0.3 is 5.32 Å². The minimum Gasteiger partial charge on any atom is -0.314 e. The summed E-state index contributed by atoms with van der Waals surface area (Å²) in [6.45, 7) is 8.01. The first-order chi connectivity index (χ1) is 9.80. The summed E-state index contributed by atoms with van der Waals surface area (Å²) in [6.07, 6.45) is 7.94. The Balaban J connectivity index is 2.17. The second-order valence-corrected chi connectivity index (χ2v) is 6.28. The molecule has 0 saturated carbocycles. The molecule has 0 aromatic heterocycles. The minimum absolute atomic E-state index is 0.659. The standard InChI is InChI=1S/C19H31N/c1-4-15(5-2)14-19(20-6-3)18-13-9-11-16-10-7-8-12-17(16)18/h7-8,10,12,15,18-20H,4-6,9,11,13-14H2,1-3H3. The van der Waals surface area contributed by atoms with Gasteiger partial charge in [0.25, 0.3) is 0 Å². The maximum Gasteiger partial charge on any atom is 0.0138 e. The van der Waals surface area contributed by atoms with Gasteiger partial charge in [0.1, 0.15) is 0 Å². The average Bonchev–Trinajstić information content (AvgIpc) is 2.51. The Hall–Kier alpha value is -0.820. The van der Waals surface area contributed by atoms with Crippen molar-refractivity contribution < 1.29 is 0 Å². The van der Waals surface area contributed by atoms with Crippen molar-refractivity contribution in [3.63, 3.8) is 0 Å². The lowest BCUT2D eigenvalue weighted by molar-refractivity contribution is 0.313. The molecular weight excluding hydrogens is 242 g/mol. The van der Waals surface area contributed by atoms with Gasteiger partial charge in [-0.25, -0.2) is 0 Å². The van der Waals surface area contributed by atoms with E-state index < -0.39 is 0 Å². The van der Waals surface area contributed by atoms with E-state index >= 15 is 0 Å². The number of hydrogen-bond donors (Lipinski definition) is 1. The number of fused-ring (bicyclic) bond motifs is 1. The first-order valence-corrected chi connectivity index (χ1v) is 8.61. The monoisotopic (exact) mass is 273 g/mol. The number of rotatable bonds is 7. The Kier molecular flexibility index (Phi) is 6.09. The first kappa shape index (κ1) is 15.6. The van der Waals surface area contributed by atoms with Gasteiger partial charge in [0.05, 0.1) is 0 Å². The zero-order valence-electron chi connectivity index (χ0n) is 13.5. The summed E-state index contributed by atoms with van der Waals surface area (Å²) in [5.41, 5.74) is 3.21. The third-order valence-corrected chi connectivity index (χ3v) is 5.11. The van der Waals surface area contributed by atoms with Crippen molar-refractivity contribution in [2.75, 3.05) is 6.54 Å². The van der Waals surface area contributed by atoms with Gasteiger partial charge in [-0.3, -0.25) is 0 Å². The summed E-state index contributed by atoms with van der Waals surface area (Å²) < 4.78 is 0. The molecule has 2 atom stereocenters. The molecule has 2 rings (SSSR count). The summed E-state index contributed by atoms with van der Waals surface area (Å²) >= 11 is 0. The Morgan fingerprint density at radius 3 is 2.60 bits per heavy atom. The highest BCUT2D eigenvalue weighted by molar-refractivity contribution is 5.33. The van der Waals surface area contributed by atoms with Crippen LogP contribution in [0.1, 0.15) is 69.9 Å². The second kappa shape index (κ2) is 7.83. The third kappa shape index (κ3) is 3.63. The highest BCUT2D eigenvalue weighted by Gasteiger charge is 2.28. The van der Waals surface area contributed by atoms with Crippen LogP contribution in [0.25, 0.3) is 0 Å². The summed E-state index contributed by atoms with van der Waals surface area (Å²) in [7, 11) is 0. The molecule has 1 nitrogen and oxygen atoms in total. The van der Waals surface area contributed by atoms with E-state index in [9.17, 15) is 0 Å². The number of likely N-dealkylation sites (N-methyl/N-ethyl adjacent to an activating group) is 1. The summed E-state index contributed by atoms with van der Waals surface area (Å²) in [5.74, 6) is 1.59. The third-order valence-electron chi connectivity index (χ3n) is 5.11. The fourth-order valence-electron chi connectivity index (χ4n) is 3.84. The lowest BCUT2D eigenvalue weighted by Crippen LogP contribution is -2.38. The van der Waals surface area contributed by atoms with Crippen molar-refractivity contribution in [2.45, 2.75) is 71.3 Å². The maximum atomic E-state index is 3.79. The largest absolute Gasteiger partial charge is 0.314 e. The van der Waals surface area contributed by atoms with Crippen LogP contribution in [0, 0.1) is 5.92 Å². The van der Waals surface area contributed by atoms with Gasteiger partial charge in [-0.05, 0) is 55.2 Å². The van der Waals surface area contributed by atoms with E-state index in [2.05, 4.69) is 50.4 Å². The average molecular weight is 273 g/mol. The zero-order valence-corrected chi connectivity index (χ0v) is 13.5. The molecule has 2 unspecified atom stereocenters. The molecule has 0 fully saturated rings. The molecule has 1 aliphatic rings. The van der Waals surface area contributed by atoms with Crippen molar-refractivity contribution in [1.82, 2.24) is 5.32 Å². The molecular formula is C19H31N. The van der Waals surface area contributed by atoms with Crippen molar-refractivity contribution in [3.05, 3.63) is 35.4 Å². The van der Waals surface area contributed by atoms with Crippen molar-refractivity contribution in [3.8, 4) is 0 Å². The predicted molar refractivity (Wildman–Crippen MR) is 88.3 cm³/mol. The Morgan fingerprint density at radius 1 is 1.15 bits per heavy atom. The van der Waals surface area contributed by atoms with Crippen molar-refractivity contribution >= 4 is 0 Å². The predicted octanol–water partition coefficient (Wildman–Crippen LogP) is 4.91. The lowest BCUT2D eigenvalue weighted by Gasteiger charge is -2.34. The van der Waals surface area contributed by atoms with E-state index in [1.165, 1.54) is 38.5 Å². The van der Waals surface area contributed by atoms with E-state index in [-0.39, 0.29) is 0 Å². The van der Waals surface area contributed by atoms with Gasteiger partial charge in [0.2, 0.25) is 0 Å². The van der Waals surface area contributed by atoms with Crippen LogP contribution in [0.2, 0.25) is 0 Å². The maximum absolute atomic E-state index is 3.79. The number of aryl methyl sites for hydroxylation is 1. The van der Waals surface area contributed by atoms with Crippen LogP contribution < -0.4 is 5.32 Å². The quantitative estimate of drug-likeness (QED) is 0.744. The number of hydrogen-bond acceptors (Lipinski definition) is 1. The number of nitrogens with one attached hydrogen (secondary N) is 1. The van der Waals surface area contributed by atoms with E-state index in [4.69, 9.17) is 0 Å². The van der Waals surface area contributed by atoms with Crippen LogP contribution in [0.4, 0.5) is 0 Å². The van der Waals surface area contributed by atoms with Gasteiger partial charge in [-0.1, -0.05) is 57.9 Å². The van der Waals surface area contributed by atoms with Crippen LogP contribution in [0.5, 0.6) is 0 Å². The van der Waals surface area contributed by atoms with Crippen LogP contribution >= 0.6 is 0 Å². The molecule has 112 valence electrons. The molecule has 0 bridgehead atoms. The first-order valence-electron chi connectivity index (χ1n) is 8.61. The lowest BCUT2D eigenvalue weighted by atomic mass is 9.76. The molecule has 1 N–H and O–H groups in total. The van der Waals surface area contributed by atoms with E-state index in [1.54, 1.807) is 11.1 Å². The second-order valence-electron chi connectivity index (χ2n) is 6.28. The highest BCUT2D eigenvalue weighted by Crippen LogP contribution is 2.36. The van der Waals surface area contributed by atoms with Crippen molar-refractivity contribution in [2.24, 2.45) is 5.92 Å². The smallest absolute Gasteiger partial charge is 0.0138 e. The topological polar surface area (TPSA) is 12.0 Å². The number of benzene rings is 1. The Morgan fingerprint density at radius 2 is 1.90 bits per heavy atom. The van der Waals surface area contributed by atoms with Crippen LogP contribution in [0.3, 0.4) is 0 Å². The molecule has 0 spiro atoms. The Labute approximate surface area is 125 Å². The van der Waals surface area contributed by atoms with Crippen LogP contribution in [0.15, 0.2) is 24.3 Å². The summed E-state index contributed by atoms with van der Waals surface area (Å²) in [4.78, 5) is 0. The SMILES string of the molecule is CCNC(CC(CC)CC)C1CCCc2ccccc21. The highest BCUT2D eigenvalue weighted by atomic mass is 14.9. The zero-order chi connectivity index (χ0) is 14.4. The molecule has 0 radical (unpaired) electrons. The Bertz CT molecular complexity index is 395. The fraction of sp³-hybridized carbons (Fsp3) is 0.684. The molecule has 0 saturated heterocycles. The fourth-order valence-corrected chi connectivity index (χ4v) is 3.84. The molecule has 1 aromatic rings. The van der Waals surface area contributed by atoms with E-state index in [1.807, 2.05) is 0 Å². The molecule has 1 heteroatoms. The summed E-state index contributed by atoms with van der Waals surface area (Å²) in [6, 6.07) is 9.78. The minimum atomic E-state index is 0.659. The molecule has 0 heterocycles. The molecule has 0 aliphatic heterocycles. The van der Waals surface area contributed by atoms with Gasteiger partial charge in [-0.2, -0.15) is 0 Å². The van der Waals surface area contributed by atoms with Crippen LogP contribution in [-0.2, 0) is 6.42 Å². The van der Waals surface area contributed by atoms with Crippen molar-refractivity contribution in [1.29, 1.82) is 0 Å². The van der Waals surface area contributed by atoms with Gasteiger partial charge in [0.15, 0.2) is 0 Å². The molecule has 20 heavy (non-hydrogen) atoms. The van der Waals surface area contributed by atoms with Gasteiger partial charge in [-0.15, -0.1) is 0 Å². The molecule has 1 aromatic carbocycles. The molecule has 1 aliphatic carbocycles. The molecule has 0 amide bonds. The summed E-state index contributed by atoms with van der Waals surface area (Å²) in [5, 5.41) is 3.79. The van der Waals surface area contributed by atoms with Gasteiger partial charge >= 0.3 is 0 Å².